The third kappa shape index (κ3) is 14.1. The van der Waals surface area contributed by atoms with Crippen LogP contribution < -0.4 is 0 Å². The Morgan fingerprint density at radius 3 is 1.44 bits per heavy atom. The fourth-order valence-electron chi connectivity index (χ4n) is 5.36. The van der Waals surface area contributed by atoms with Crippen molar-refractivity contribution in [2.75, 3.05) is 14.2 Å². The molecule has 6 heteroatoms. The van der Waals surface area contributed by atoms with E-state index in [9.17, 15) is 0 Å². The maximum absolute atomic E-state index is 6.28. The zero-order valence-corrected chi connectivity index (χ0v) is 22.2. The van der Waals surface area contributed by atoms with Gasteiger partial charge in [-0.25, -0.2) is 0 Å². The van der Waals surface area contributed by atoms with Crippen LogP contribution in [0.5, 0.6) is 0 Å². The molecule has 3 nitrogen and oxygen atoms in total. The normalized spacial score (nSPS) is 28.3. The van der Waals surface area contributed by atoms with Gasteiger partial charge in [0.05, 0.1) is 0 Å². The monoisotopic (exact) mass is 551 g/mol. The second-order valence-electron chi connectivity index (χ2n) is 9.67. The van der Waals surface area contributed by atoms with Crippen molar-refractivity contribution >= 4 is 26.6 Å². The predicted octanol–water partition coefficient (Wildman–Crippen LogP) is 10.7. The minimum Gasteiger partial charge on any atom is -0.439 e. The van der Waals surface area contributed by atoms with Crippen molar-refractivity contribution in [3.05, 3.63) is 12.2 Å². The number of fused-ring (bicyclic) bond motifs is 4. The van der Waals surface area contributed by atoms with Crippen LogP contribution in [-0.2, 0) is 13.0 Å². The van der Waals surface area contributed by atoms with Gasteiger partial charge in [0.15, 0.2) is 18.1 Å². The highest BCUT2D eigenvalue weighted by Gasteiger charge is 2.52. The Labute approximate surface area is 232 Å². The highest BCUT2D eigenvalue weighted by molar-refractivity contribution is 6.75. The van der Waals surface area contributed by atoms with Crippen LogP contribution in [0.2, 0.25) is 38.3 Å². The van der Waals surface area contributed by atoms with E-state index in [0.29, 0.717) is 0 Å². The SMILES string of the molecule is C.C.C.C.C.C.C.C1=CC2CCC1C2.CO[SiH](C)C.CO[Si](C)(O[SiH](C)C)C1CC2CCC1C2.[2H][2H].[2H][2H].[HH]. The molecule has 0 N–H and O–H groups in total. The van der Waals surface area contributed by atoms with Gasteiger partial charge in [-0.2, -0.15) is 0 Å². The number of hydrogen-bond acceptors (Lipinski definition) is 3. The zero-order valence-electron chi connectivity index (χ0n) is 22.9. The molecule has 0 aliphatic heterocycles. The first-order chi connectivity index (χ1) is 14.8. The summed E-state index contributed by atoms with van der Waals surface area (Å²) in [6.45, 7) is 11.1. The molecule has 0 aromatic carbocycles. The van der Waals surface area contributed by atoms with Crippen LogP contribution in [-0.4, -0.2) is 40.9 Å². The van der Waals surface area contributed by atoms with Crippen LogP contribution in [0, 0.1) is 23.7 Å². The van der Waals surface area contributed by atoms with Crippen LogP contribution in [0.25, 0.3) is 0 Å². The van der Waals surface area contributed by atoms with Gasteiger partial charge in [-0.3, -0.25) is 0 Å². The molecule has 0 radical (unpaired) electrons. The average Bonchev–Trinajstić information content (AvgIpc) is 3.59. The summed E-state index contributed by atoms with van der Waals surface area (Å²) in [5.41, 5.74) is 0.788. The standard InChI is InChI=1S/C11H24O2Si2.C7H10.C3H10OSi.7CH4.3H2/c1-12-15(4,13-14(2)3)11-8-9-5-6-10(11)7-9;1-2-7-4-3-6(1)5-7;1-4-5(2)3;;;;;;;;;;/h9-11,14H,5-8H2,1-4H3;1-2,6-7H,3-5H2;5H,1-3H3;7*1H4;3*1H/i;;;;;;;;;;2*1+1D;. The molecule has 3 saturated carbocycles. The molecule has 6 atom stereocenters. The van der Waals surface area contributed by atoms with E-state index in [1.165, 1.54) is 44.9 Å². The van der Waals surface area contributed by atoms with E-state index in [4.69, 9.17) is 18.9 Å². The van der Waals surface area contributed by atoms with Crippen molar-refractivity contribution in [3.8, 4) is 0 Å². The van der Waals surface area contributed by atoms with Gasteiger partial charge in [-0.15, -0.1) is 0 Å². The summed E-state index contributed by atoms with van der Waals surface area (Å²) in [7, 11) is 0.180. The molecular weight excluding hydrogens is 469 g/mol. The van der Waals surface area contributed by atoms with E-state index >= 15 is 0 Å². The third-order valence-corrected chi connectivity index (χ3v) is 14.5. The fraction of sp³-hybridized carbons (Fsp3) is 0.929. The summed E-state index contributed by atoms with van der Waals surface area (Å²) in [4.78, 5) is 0. The van der Waals surface area contributed by atoms with Crippen LogP contribution >= 0.6 is 0 Å². The molecule has 0 heterocycles. The third-order valence-electron chi connectivity index (χ3n) is 6.93. The number of allylic oxidation sites excluding steroid dienone is 2. The van der Waals surface area contributed by atoms with Crippen molar-refractivity contribution in [2.45, 2.75) is 135 Å². The Balaban J connectivity index is -0.0000000466. The molecule has 4 aliphatic carbocycles. The summed E-state index contributed by atoms with van der Waals surface area (Å²) in [5, 5.41) is 0. The first-order valence-corrected chi connectivity index (χ1v) is 19.2. The molecule has 220 valence electrons. The highest BCUT2D eigenvalue weighted by atomic mass is 28.4. The molecule has 0 spiro atoms. The Hall–Kier alpha value is 0.271. The molecule has 0 amide bonds. The second kappa shape index (κ2) is 22.5. The molecule has 6 unspecified atom stereocenters. The van der Waals surface area contributed by atoms with Crippen LogP contribution in [0.1, 0.15) is 104 Å². The molecule has 4 aliphatic rings. The second-order valence-corrected chi connectivity index (χ2v) is 18.5. The lowest BCUT2D eigenvalue weighted by atomic mass is 10.0. The topological polar surface area (TPSA) is 27.7 Å². The van der Waals surface area contributed by atoms with E-state index in [1.54, 1.807) is 7.11 Å². The van der Waals surface area contributed by atoms with Crippen LogP contribution in [0.4, 0.5) is 0 Å². The van der Waals surface area contributed by atoms with Gasteiger partial charge < -0.3 is 13.0 Å². The number of hydrogen-bond donors (Lipinski definition) is 0. The van der Waals surface area contributed by atoms with Crippen LogP contribution in [0.3, 0.4) is 0 Å². The maximum Gasteiger partial charge on any atom is 0.327 e. The largest absolute Gasteiger partial charge is 0.439 e. The van der Waals surface area contributed by atoms with Crippen molar-refractivity contribution < 1.29 is 20.3 Å². The molecule has 4 bridgehead atoms. The van der Waals surface area contributed by atoms with E-state index in [-0.39, 0.29) is 53.4 Å². The molecule has 0 aromatic heterocycles. The van der Waals surface area contributed by atoms with E-state index in [1.807, 2.05) is 7.11 Å². The summed E-state index contributed by atoms with van der Waals surface area (Å²) in [5.74, 6) is 3.91. The van der Waals surface area contributed by atoms with Gasteiger partial charge in [0.2, 0.25) is 0 Å². The Bertz CT molecular complexity index is 483. The van der Waals surface area contributed by atoms with Gasteiger partial charge >= 0.3 is 8.56 Å². The first-order valence-electron chi connectivity index (χ1n) is 13.2. The smallest absolute Gasteiger partial charge is 0.327 e. The summed E-state index contributed by atoms with van der Waals surface area (Å²) < 4.78 is 37.0. The lowest BCUT2D eigenvalue weighted by Gasteiger charge is -2.37. The molecule has 34 heavy (non-hydrogen) atoms. The fourth-order valence-corrected chi connectivity index (χ4v) is 12.4. The zero-order chi connectivity index (χ0) is 24.0. The number of rotatable bonds is 5. The lowest BCUT2D eigenvalue weighted by Crippen LogP contribution is -2.47. The summed E-state index contributed by atoms with van der Waals surface area (Å²) in [6, 6.07) is 0. The minimum atomic E-state index is -1.85. The quantitative estimate of drug-likeness (QED) is 0.251. The molecule has 0 aromatic rings. The van der Waals surface area contributed by atoms with Crippen molar-refractivity contribution in [1.82, 2.24) is 0 Å². The predicted molar refractivity (Wildman–Crippen MR) is 177 cm³/mol. The lowest BCUT2D eigenvalue weighted by molar-refractivity contribution is 0.269. The van der Waals surface area contributed by atoms with Gasteiger partial charge in [0, 0.05) is 27.1 Å². The molecular formula is C28H78O3Si3. The average molecular weight is 551 g/mol. The Morgan fingerprint density at radius 2 is 1.24 bits per heavy atom. The van der Waals surface area contributed by atoms with Crippen molar-refractivity contribution in [2.24, 2.45) is 23.7 Å². The van der Waals surface area contributed by atoms with Crippen LogP contribution in [0.15, 0.2) is 12.2 Å². The molecule has 0 saturated heterocycles. The van der Waals surface area contributed by atoms with Gasteiger partial charge in [0.25, 0.3) is 0 Å². The van der Waals surface area contributed by atoms with E-state index < -0.39 is 26.6 Å². The van der Waals surface area contributed by atoms with E-state index in [0.717, 1.165) is 29.2 Å². The van der Waals surface area contributed by atoms with E-state index in [2.05, 4.69) is 44.9 Å². The van der Waals surface area contributed by atoms with Crippen molar-refractivity contribution in [3.63, 3.8) is 0 Å². The summed E-state index contributed by atoms with van der Waals surface area (Å²) in [6.07, 6.45) is 14.9. The summed E-state index contributed by atoms with van der Waals surface area (Å²) >= 11 is 0. The molecule has 3 fully saturated rings. The van der Waals surface area contributed by atoms with Gasteiger partial charge in [-0.1, -0.05) is 77.0 Å². The molecule has 4 rings (SSSR count). The van der Waals surface area contributed by atoms with Gasteiger partial charge in [0.1, 0.15) is 0 Å². The first kappa shape index (κ1) is 41.4. The Morgan fingerprint density at radius 1 is 0.765 bits per heavy atom. The van der Waals surface area contributed by atoms with Gasteiger partial charge in [-0.05, 0) is 88.5 Å². The highest BCUT2D eigenvalue weighted by Crippen LogP contribution is 2.55. The maximum atomic E-state index is 6.28. The Kier molecular flexibility index (Phi) is 27.4. The van der Waals surface area contributed by atoms with Crippen molar-refractivity contribution in [1.29, 1.82) is 0 Å². The minimum absolute atomic E-state index is 0.